The molecule has 2 aromatic heterocycles. The Labute approximate surface area is 108 Å². The molecule has 0 saturated carbocycles. The average Bonchev–Trinajstić information content (AvgIpc) is 2.21. The number of nitrogens with zero attached hydrogens (tertiary/aromatic N) is 2. The van der Waals surface area contributed by atoms with Gasteiger partial charge in [-0.3, -0.25) is 9.97 Å². The third-order valence-electron chi connectivity index (χ3n) is 1.59. The molecule has 0 N–H and O–H groups in total. The van der Waals surface area contributed by atoms with Crippen molar-refractivity contribution in [1.82, 2.24) is 9.97 Å². The zero-order valence-corrected chi connectivity index (χ0v) is 8.99. The molecule has 0 unspecified atom stereocenters. The van der Waals surface area contributed by atoms with Gasteiger partial charge in [-0.1, -0.05) is 12.1 Å². The van der Waals surface area contributed by atoms with E-state index in [9.17, 15) is 0 Å². The van der Waals surface area contributed by atoms with Crippen LogP contribution in [0.5, 0.6) is 0 Å². The first kappa shape index (κ1) is 10.7. The van der Waals surface area contributed by atoms with Gasteiger partial charge >= 0.3 is 38.6 Å². The third kappa shape index (κ3) is 2.78. The van der Waals surface area contributed by atoms with Crippen molar-refractivity contribution in [3.63, 3.8) is 0 Å². The van der Waals surface area contributed by atoms with Crippen LogP contribution < -0.4 is 0 Å². The van der Waals surface area contributed by atoms with Crippen molar-refractivity contribution in [3.8, 4) is 11.4 Å². The first-order valence-corrected chi connectivity index (χ1v) is 3.79. The molecular formula is C10H8N2Tb+3. The largest absolute Gasteiger partial charge is 3.00 e. The van der Waals surface area contributed by atoms with Gasteiger partial charge in [-0.2, -0.15) is 0 Å². The van der Waals surface area contributed by atoms with Crippen molar-refractivity contribution in [2.75, 3.05) is 0 Å². The van der Waals surface area contributed by atoms with Gasteiger partial charge in [-0.25, -0.2) is 0 Å². The van der Waals surface area contributed by atoms with E-state index < -0.39 is 0 Å². The summed E-state index contributed by atoms with van der Waals surface area (Å²) in [6, 6.07) is 11.6. The summed E-state index contributed by atoms with van der Waals surface area (Å²) in [7, 11) is 0. The minimum atomic E-state index is 0. The van der Waals surface area contributed by atoms with E-state index >= 15 is 0 Å². The molecule has 2 rings (SSSR count). The van der Waals surface area contributed by atoms with E-state index in [-0.39, 0.29) is 38.6 Å². The second kappa shape index (κ2) is 5.34. The molecule has 0 atom stereocenters. The van der Waals surface area contributed by atoms with Crippen LogP contribution in [0.4, 0.5) is 0 Å². The Bertz CT molecular complexity index is 310. The summed E-state index contributed by atoms with van der Waals surface area (Å²) in [6.45, 7) is 0. The summed E-state index contributed by atoms with van der Waals surface area (Å²) in [5.74, 6) is 0. The molecule has 0 radical (unpaired) electrons. The zero-order valence-electron chi connectivity index (χ0n) is 6.85. The maximum absolute atomic E-state index is 4.19. The van der Waals surface area contributed by atoms with E-state index in [0.717, 1.165) is 11.4 Å². The predicted molar refractivity (Wildman–Crippen MR) is 47.5 cm³/mol. The van der Waals surface area contributed by atoms with Crippen LogP contribution in [0.25, 0.3) is 11.4 Å². The van der Waals surface area contributed by atoms with Crippen LogP contribution in [0.15, 0.2) is 48.8 Å². The van der Waals surface area contributed by atoms with Crippen molar-refractivity contribution in [2.24, 2.45) is 0 Å². The summed E-state index contributed by atoms with van der Waals surface area (Å²) in [4.78, 5) is 8.37. The number of hydrogen-bond donors (Lipinski definition) is 0. The molecule has 0 aliphatic heterocycles. The molecule has 0 amide bonds. The van der Waals surface area contributed by atoms with Crippen LogP contribution in [0.1, 0.15) is 0 Å². The van der Waals surface area contributed by atoms with E-state index in [0.29, 0.717) is 0 Å². The molecule has 0 spiro atoms. The van der Waals surface area contributed by atoms with Crippen LogP contribution in [-0.4, -0.2) is 9.97 Å². The van der Waals surface area contributed by atoms with Crippen LogP contribution in [0.3, 0.4) is 0 Å². The first-order valence-electron chi connectivity index (χ1n) is 3.79. The molecule has 0 aromatic carbocycles. The Kier molecular flexibility index (Phi) is 4.38. The van der Waals surface area contributed by atoms with Crippen molar-refractivity contribution >= 4 is 0 Å². The smallest absolute Gasteiger partial charge is 0.255 e. The number of hydrogen-bond acceptors (Lipinski definition) is 2. The topological polar surface area (TPSA) is 25.8 Å². The van der Waals surface area contributed by atoms with Gasteiger partial charge in [0.2, 0.25) is 0 Å². The van der Waals surface area contributed by atoms with Crippen LogP contribution in [0.2, 0.25) is 0 Å². The molecule has 13 heavy (non-hydrogen) atoms. The minimum Gasteiger partial charge on any atom is -0.255 e. The molecule has 2 heterocycles. The van der Waals surface area contributed by atoms with Gasteiger partial charge in [0, 0.05) is 12.4 Å². The van der Waals surface area contributed by atoms with E-state index in [1.807, 2.05) is 36.4 Å². The molecule has 0 aliphatic rings. The van der Waals surface area contributed by atoms with Crippen molar-refractivity contribution in [1.29, 1.82) is 0 Å². The zero-order chi connectivity index (χ0) is 8.23. The Hall–Kier alpha value is -0.414. The van der Waals surface area contributed by atoms with Crippen LogP contribution in [-0.2, 0) is 0 Å². The summed E-state index contributed by atoms with van der Waals surface area (Å²) < 4.78 is 0. The van der Waals surface area contributed by atoms with Gasteiger partial charge in [-0.15, -0.1) is 0 Å². The van der Waals surface area contributed by atoms with Gasteiger partial charge in [0.05, 0.1) is 11.4 Å². The van der Waals surface area contributed by atoms with E-state index in [4.69, 9.17) is 0 Å². The van der Waals surface area contributed by atoms with Gasteiger partial charge in [0.15, 0.2) is 0 Å². The summed E-state index contributed by atoms with van der Waals surface area (Å²) in [5.41, 5.74) is 1.83. The van der Waals surface area contributed by atoms with Crippen LogP contribution in [0, 0.1) is 38.6 Å². The van der Waals surface area contributed by atoms with Gasteiger partial charge in [0.25, 0.3) is 0 Å². The van der Waals surface area contributed by atoms with E-state index in [1.54, 1.807) is 12.4 Å². The Morgan fingerprint density at radius 3 is 1.46 bits per heavy atom. The van der Waals surface area contributed by atoms with E-state index in [2.05, 4.69) is 9.97 Å². The average molecular weight is 315 g/mol. The number of rotatable bonds is 1. The Balaban J connectivity index is 0.000000845. The van der Waals surface area contributed by atoms with Gasteiger partial charge in [-0.05, 0) is 24.3 Å². The normalized spacial score (nSPS) is 8.92. The van der Waals surface area contributed by atoms with Gasteiger partial charge < -0.3 is 0 Å². The fraction of sp³-hybridized carbons (Fsp3) is 0. The second-order valence-electron chi connectivity index (χ2n) is 2.43. The molecule has 0 saturated heterocycles. The monoisotopic (exact) mass is 315 g/mol. The molecular weight excluding hydrogens is 307 g/mol. The molecule has 3 heteroatoms. The fourth-order valence-corrected chi connectivity index (χ4v) is 1.03. The SMILES string of the molecule is [Tb+3].c1ccc(-c2ccccn2)nc1. The molecule has 2 nitrogen and oxygen atoms in total. The van der Waals surface area contributed by atoms with E-state index in [1.165, 1.54) is 0 Å². The summed E-state index contributed by atoms with van der Waals surface area (Å²) in [5, 5.41) is 0. The molecule has 0 aliphatic carbocycles. The predicted octanol–water partition coefficient (Wildman–Crippen LogP) is 2.14. The number of aromatic nitrogens is 2. The minimum absolute atomic E-state index is 0. The standard InChI is InChI=1S/C10H8N2.Tb/c1-3-7-11-9(5-1)10-6-2-4-8-12-10;/h1-8H;/q;+3. The maximum Gasteiger partial charge on any atom is 3.00 e. The molecule has 0 bridgehead atoms. The Morgan fingerprint density at radius 2 is 1.15 bits per heavy atom. The number of pyridine rings is 2. The van der Waals surface area contributed by atoms with Crippen LogP contribution >= 0.6 is 0 Å². The molecule has 2 aromatic rings. The summed E-state index contributed by atoms with van der Waals surface area (Å²) in [6.07, 6.45) is 3.54. The van der Waals surface area contributed by atoms with Crippen molar-refractivity contribution < 1.29 is 38.6 Å². The maximum atomic E-state index is 4.19. The second-order valence-corrected chi connectivity index (χ2v) is 2.43. The summed E-state index contributed by atoms with van der Waals surface area (Å²) >= 11 is 0. The molecule has 64 valence electrons. The van der Waals surface area contributed by atoms with Gasteiger partial charge in [0.1, 0.15) is 0 Å². The first-order chi connectivity index (χ1) is 5.97. The Morgan fingerprint density at radius 1 is 0.692 bits per heavy atom. The molecule has 0 fully saturated rings. The fourth-order valence-electron chi connectivity index (χ4n) is 1.03. The quantitative estimate of drug-likeness (QED) is 0.806. The van der Waals surface area contributed by atoms with Crippen molar-refractivity contribution in [3.05, 3.63) is 48.8 Å². The van der Waals surface area contributed by atoms with Crippen molar-refractivity contribution in [2.45, 2.75) is 0 Å². The third-order valence-corrected chi connectivity index (χ3v) is 1.59.